The molecule has 5 rings (SSSR count). The monoisotopic (exact) mass is 442 g/mol. The lowest BCUT2D eigenvalue weighted by Gasteiger charge is -2.29. The summed E-state index contributed by atoms with van der Waals surface area (Å²) in [6, 6.07) is 18.2. The number of ether oxygens (including phenoxy) is 2. The van der Waals surface area contributed by atoms with Gasteiger partial charge >= 0.3 is 0 Å². The van der Waals surface area contributed by atoms with Crippen LogP contribution in [-0.4, -0.2) is 28.7 Å². The van der Waals surface area contributed by atoms with Gasteiger partial charge < -0.3 is 19.7 Å². The molecule has 3 aromatic rings. The van der Waals surface area contributed by atoms with E-state index in [0.29, 0.717) is 19.0 Å². The Kier molecular flexibility index (Phi) is 5.92. The Morgan fingerprint density at radius 1 is 1.06 bits per heavy atom. The summed E-state index contributed by atoms with van der Waals surface area (Å²) < 4.78 is 24.9. The van der Waals surface area contributed by atoms with E-state index >= 15 is 0 Å². The highest BCUT2D eigenvalue weighted by Crippen LogP contribution is 2.42. The zero-order chi connectivity index (χ0) is 22.6. The number of fused-ring (bicyclic) bond motifs is 1. The molecule has 2 aliphatic rings. The molecular formula is C26H23FN4O2. The van der Waals surface area contributed by atoms with Crippen molar-refractivity contribution in [3.63, 3.8) is 0 Å². The fraction of sp³-hybridized carbons (Fsp3) is 0.231. The molecular weight excluding hydrogens is 419 g/mol. The molecule has 33 heavy (non-hydrogen) atoms. The summed E-state index contributed by atoms with van der Waals surface area (Å²) in [5.41, 5.74) is 4.87. The minimum atomic E-state index is -0.256. The third-order valence-corrected chi connectivity index (χ3v) is 6.04. The Hall–Kier alpha value is -3.89. The highest BCUT2D eigenvalue weighted by atomic mass is 19.1. The van der Waals surface area contributed by atoms with E-state index in [1.807, 2.05) is 30.3 Å². The van der Waals surface area contributed by atoms with Gasteiger partial charge in [0.1, 0.15) is 11.6 Å². The van der Waals surface area contributed by atoms with Gasteiger partial charge in [0.2, 0.25) is 0 Å². The maximum atomic E-state index is 14.0. The Bertz CT molecular complexity index is 1190. The number of benzene rings is 2. The van der Waals surface area contributed by atoms with Gasteiger partial charge in [0, 0.05) is 23.5 Å². The van der Waals surface area contributed by atoms with Crippen molar-refractivity contribution in [2.45, 2.75) is 31.7 Å². The molecule has 7 heteroatoms. The third-order valence-electron chi connectivity index (χ3n) is 6.04. The van der Waals surface area contributed by atoms with E-state index in [9.17, 15) is 4.39 Å². The van der Waals surface area contributed by atoms with Crippen molar-refractivity contribution >= 4 is 11.4 Å². The van der Waals surface area contributed by atoms with Gasteiger partial charge in [0.05, 0.1) is 36.8 Å². The summed E-state index contributed by atoms with van der Waals surface area (Å²) in [4.78, 5) is 6.54. The number of nitriles is 1. The van der Waals surface area contributed by atoms with Gasteiger partial charge in [-0.3, -0.25) is 4.98 Å². The van der Waals surface area contributed by atoms with Gasteiger partial charge in [0.25, 0.3) is 6.26 Å². The van der Waals surface area contributed by atoms with Crippen LogP contribution < -0.4 is 10.1 Å². The van der Waals surface area contributed by atoms with Gasteiger partial charge in [0.15, 0.2) is 0 Å². The second-order valence-corrected chi connectivity index (χ2v) is 8.12. The predicted octanol–water partition coefficient (Wildman–Crippen LogP) is 4.52. The number of pyridine rings is 1. The van der Waals surface area contributed by atoms with Crippen LogP contribution >= 0.6 is 0 Å². The number of hydrogen-bond donors (Lipinski definition) is 1. The van der Waals surface area contributed by atoms with Crippen molar-refractivity contribution in [1.29, 1.82) is 5.26 Å². The van der Waals surface area contributed by atoms with E-state index in [1.165, 1.54) is 6.07 Å². The molecule has 1 fully saturated rings. The van der Waals surface area contributed by atoms with Crippen molar-refractivity contribution in [1.82, 2.24) is 15.2 Å². The van der Waals surface area contributed by atoms with Crippen molar-refractivity contribution in [2.75, 3.05) is 6.61 Å². The lowest BCUT2D eigenvalue weighted by Crippen LogP contribution is -2.38. The molecule has 1 saturated heterocycles. The Morgan fingerprint density at radius 2 is 1.88 bits per heavy atom. The Balaban J connectivity index is 1.36. The van der Waals surface area contributed by atoms with Gasteiger partial charge in [-0.25, -0.2) is 4.39 Å². The van der Waals surface area contributed by atoms with Gasteiger partial charge in [-0.15, -0.1) is 5.26 Å². The molecule has 2 atom stereocenters. The van der Waals surface area contributed by atoms with Crippen LogP contribution in [0.2, 0.25) is 0 Å². The predicted molar refractivity (Wildman–Crippen MR) is 122 cm³/mol. The van der Waals surface area contributed by atoms with Crippen LogP contribution in [0, 0.1) is 17.3 Å². The minimum absolute atomic E-state index is 0.141. The van der Waals surface area contributed by atoms with E-state index in [-0.39, 0.29) is 18.0 Å². The second-order valence-electron chi connectivity index (χ2n) is 8.12. The van der Waals surface area contributed by atoms with Gasteiger partial charge in [-0.1, -0.05) is 24.3 Å². The molecule has 1 unspecified atom stereocenters. The molecule has 0 bridgehead atoms. The zero-order valence-electron chi connectivity index (χ0n) is 17.9. The molecule has 1 N–H and O–H groups in total. The number of hydrogen-bond acceptors (Lipinski definition) is 6. The standard InChI is InChI=1S/C26H23FN4O2/c27-21-3-1-2-20(14-21)25-26(19-10-12-29-13-11-19)31-22(6-9-24(31)30-25)16-32-15-18-4-7-23(8-5-18)33-17-28/h1-5,7-8,10-14,22,24,30H,6,9,15-16H2/t22-,24?/m0/s1. The first-order valence-electron chi connectivity index (χ1n) is 10.9. The quantitative estimate of drug-likeness (QED) is 0.543. The van der Waals surface area contributed by atoms with E-state index in [1.54, 1.807) is 42.9 Å². The smallest absolute Gasteiger partial charge is 0.292 e. The van der Waals surface area contributed by atoms with Crippen LogP contribution in [0.25, 0.3) is 11.4 Å². The van der Waals surface area contributed by atoms with Crippen LogP contribution in [0.3, 0.4) is 0 Å². The largest absolute Gasteiger partial charge is 0.388 e. The summed E-state index contributed by atoms with van der Waals surface area (Å²) in [6.45, 7) is 1.04. The van der Waals surface area contributed by atoms with Crippen LogP contribution in [0.4, 0.5) is 4.39 Å². The first-order chi connectivity index (χ1) is 16.2. The number of nitrogens with zero attached hydrogens (tertiary/aromatic N) is 3. The molecule has 0 radical (unpaired) electrons. The van der Waals surface area contributed by atoms with Crippen molar-refractivity contribution in [3.8, 4) is 12.0 Å². The van der Waals surface area contributed by atoms with Crippen LogP contribution in [0.15, 0.2) is 73.1 Å². The molecule has 0 amide bonds. The molecule has 0 saturated carbocycles. The Morgan fingerprint density at radius 3 is 2.64 bits per heavy atom. The van der Waals surface area contributed by atoms with E-state index < -0.39 is 0 Å². The highest BCUT2D eigenvalue weighted by Gasteiger charge is 2.41. The highest BCUT2D eigenvalue weighted by molar-refractivity contribution is 5.91. The summed E-state index contributed by atoms with van der Waals surface area (Å²) in [7, 11) is 0. The maximum Gasteiger partial charge on any atom is 0.292 e. The average molecular weight is 442 g/mol. The fourth-order valence-electron chi connectivity index (χ4n) is 4.58. The fourth-order valence-corrected chi connectivity index (χ4v) is 4.58. The zero-order valence-corrected chi connectivity index (χ0v) is 17.9. The maximum absolute atomic E-state index is 14.0. The number of rotatable bonds is 7. The van der Waals surface area contributed by atoms with Gasteiger partial charge in [-0.05, 0) is 54.8 Å². The molecule has 2 aliphatic heterocycles. The van der Waals surface area contributed by atoms with Gasteiger partial charge in [-0.2, -0.15) is 0 Å². The lowest BCUT2D eigenvalue weighted by molar-refractivity contribution is 0.0775. The lowest BCUT2D eigenvalue weighted by atomic mass is 10.0. The topological polar surface area (TPSA) is 70.4 Å². The molecule has 2 aromatic carbocycles. The summed E-state index contributed by atoms with van der Waals surface area (Å²) in [5.74, 6) is 0.258. The van der Waals surface area contributed by atoms with Crippen molar-refractivity contribution in [3.05, 3.63) is 95.6 Å². The van der Waals surface area contributed by atoms with E-state index in [2.05, 4.69) is 15.2 Å². The normalized spacial score (nSPS) is 19.2. The first kappa shape index (κ1) is 21.0. The average Bonchev–Trinajstić information content (AvgIpc) is 3.41. The number of halogens is 1. The minimum Gasteiger partial charge on any atom is -0.388 e. The molecule has 3 heterocycles. The van der Waals surface area contributed by atoms with Crippen molar-refractivity contribution < 1.29 is 13.9 Å². The number of nitrogens with one attached hydrogen (secondary N) is 1. The molecule has 0 aliphatic carbocycles. The first-order valence-corrected chi connectivity index (χ1v) is 10.9. The summed E-state index contributed by atoms with van der Waals surface area (Å²) in [6.07, 6.45) is 7.34. The van der Waals surface area contributed by atoms with Crippen LogP contribution in [0.5, 0.6) is 5.75 Å². The summed E-state index contributed by atoms with van der Waals surface area (Å²) >= 11 is 0. The molecule has 166 valence electrons. The summed E-state index contributed by atoms with van der Waals surface area (Å²) in [5, 5.41) is 12.2. The Labute approximate surface area is 191 Å². The van der Waals surface area contributed by atoms with Crippen molar-refractivity contribution in [2.24, 2.45) is 0 Å². The SMILES string of the molecule is N#COc1ccc(COC[C@@H]2CCC3NC(c4cccc(F)c4)=C(c4ccncc4)N32)cc1. The molecule has 1 aromatic heterocycles. The van der Waals surface area contributed by atoms with E-state index in [4.69, 9.17) is 14.7 Å². The second kappa shape index (κ2) is 9.31. The molecule has 0 spiro atoms. The van der Waals surface area contributed by atoms with Crippen LogP contribution in [0.1, 0.15) is 29.5 Å². The van der Waals surface area contributed by atoms with E-state index in [0.717, 1.165) is 40.9 Å². The van der Waals surface area contributed by atoms with Crippen LogP contribution in [-0.2, 0) is 11.3 Å². The molecule has 6 nitrogen and oxygen atoms in total. The number of aromatic nitrogens is 1. The third kappa shape index (κ3) is 4.38.